The van der Waals surface area contributed by atoms with Gasteiger partial charge in [-0.1, -0.05) is 30.3 Å². The summed E-state index contributed by atoms with van der Waals surface area (Å²) in [6.45, 7) is 2.58. The predicted octanol–water partition coefficient (Wildman–Crippen LogP) is 3.33. The molecule has 1 aromatic carbocycles. The lowest BCUT2D eigenvalue weighted by Gasteiger charge is -2.14. The van der Waals surface area contributed by atoms with Gasteiger partial charge in [-0.15, -0.1) is 0 Å². The molecule has 23 heavy (non-hydrogen) atoms. The van der Waals surface area contributed by atoms with E-state index in [2.05, 4.69) is 14.3 Å². The Bertz CT molecular complexity index is 985. The predicted molar refractivity (Wildman–Crippen MR) is 91.0 cm³/mol. The van der Waals surface area contributed by atoms with E-state index in [0.717, 1.165) is 35.3 Å². The molecular weight excluding hydrogens is 308 g/mol. The zero-order valence-electron chi connectivity index (χ0n) is 13.0. The second kappa shape index (κ2) is 5.45. The highest BCUT2D eigenvalue weighted by Gasteiger charge is 2.24. The van der Waals surface area contributed by atoms with E-state index < -0.39 is 9.73 Å². The van der Waals surface area contributed by atoms with Gasteiger partial charge in [0.15, 0.2) is 5.03 Å². The van der Waals surface area contributed by atoms with E-state index in [0.29, 0.717) is 17.3 Å². The normalized spacial score (nSPS) is 21.3. The van der Waals surface area contributed by atoms with Crippen molar-refractivity contribution in [1.82, 2.24) is 14.4 Å². The van der Waals surface area contributed by atoms with Gasteiger partial charge in [-0.3, -0.25) is 4.40 Å². The van der Waals surface area contributed by atoms with E-state index in [-0.39, 0.29) is 0 Å². The maximum atomic E-state index is 13.3. The molecule has 3 aromatic rings. The topological polar surface area (TPSA) is 59.6 Å². The van der Waals surface area contributed by atoms with Gasteiger partial charge in [0.1, 0.15) is 12.2 Å². The standard InChI is InChI=1S/C17H18N4OS/c1-13-18-11-15(14-7-3-2-4-8-14)16-17(19-12-21(13)16)23(22)10-6-5-9-20-23/h2-4,7-8,11-12H,5-6,9-10H2,1H3. The van der Waals surface area contributed by atoms with E-state index in [1.165, 1.54) is 0 Å². The summed E-state index contributed by atoms with van der Waals surface area (Å²) in [5.41, 5.74) is 2.87. The summed E-state index contributed by atoms with van der Waals surface area (Å²) in [5.74, 6) is 1.42. The summed E-state index contributed by atoms with van der Waals surface area (Å²) in [6.07, 6.45) is 5.51. The fourth-order valence-corrected chi connectivity index (χ4v) is 5.20. The van der Waals surface area contributed by atoms with Crippen molar-refractivity contribution in [3.63, 3.8) is 0 Å². The molecule has 118 valence electrons. The average molecular weight is 326 g/mol. The highest BCUT2D eigenvalue weighted by Crippen LogP contribution is 2.31. The Hall–Kier alpha value is -2.21. The lowest BCUT2D eigenvalue weighted by molar-refractivity contribution is 0.657. The summed E-state index contributed by atoms with van der Waals surface area (Å²) >= 11 is 0. The molecule has 1 aliphatic rings. The molecule has 0 fully saturated rings. The highest BCUT2D eigenvalue weighted by atomic mass is 32.2. The number of rotatable bonds is 2. The Morgan fingerprint density at radius 1 is 1.13 bits per heavy atom. The minimum atomic E-state index is -2.43. The van der Waals surface area contributed by atoms with Crippen LogP contribution in [-0.4, -0.2) is 30.9 Å². The highest BCUT2D eigenvalue weighted by molar-refractivity contribution is 7.93. The third-order valence-corrected chi connectivity index (χ3v) is 6.58. The van der Waals surface area contributed by atoms with Gasteiger partial charge in [-0.25, -0.2) is 18.5 Å². The first kappa shape index (κ1) is 14.4. The summed E-state index contributed by atoms with van der Waals surface area (Å²) in [7, 11) is -2.43. The molecule has 4 rings (SSSR count). The number of nitrogens with zero attached hydrogens (tertiary/aromatic N) is 4. The monoisotopic (exact) mass is 326 g/mol. The number of hydrogen-bond donors (Lipinski definition) is 0. The van der Waals surface area contributed by atoms with Crippen LogP contribution in [0.25, 0.3) is 16.6 Å². The Kier molecular flexibility index (Phi) is 3.41. The summed E-state index contributed by atoms with van der Waals surface area (Å²) in [6, 6.07) is 10.0. The van der Waals surface area contributed by atoms with Crippen LogP contribution in [0.4, 0.5) is 0 Å². The van der Waals surface area contributed by atoms with Crippen LogP contribution in [0.3, 0.4) is 0 Å². The SMILES string of the molecule is Cc1ncc(-c2ccccc2)c2c(S3(=O)=NCCCC3)ncn12. The van der Waals surface area contributed by atoms with Crippen LogP contribution < -0.4 is 0 Å². The molecule has 1 unspecified atom stereocenters. The van der Waals surface area contributed by atoms with Crippen molar-refractivity contribution in [2.75, 3.05) is 12.3 Å². The zero-order chi connectivity index (χ0) is 15.9. The van der Waals surface area contributed by atoms with E-state index >= 15 is 0 Å². The quantitative estimate of drug-likeness (QED) is 0.726. The first-order valence-corrected chi connectivity index (χ1v) is 9.46. The largest absolute Gasteiger partial charge is 0.285 e. The Morgan fingerprint density at radius 2 is 1.96 bits per heavy atom. The first-order chi connectivity index (χ1) is 11.2. The molecule has 0 radical (unpaired) electrons. The third-order valence-electron chi connectivity index (χ3n) is 4.23. The van der Waals surface area contributed by atoms with E-state index in [1.807, 2.05) is 47.9 Å². The number of imidazole rings is 1. The van der Waals surface area contributed by atoms with Crippen LogP contribution in [0.2, 0.25) is 0 Å². The van der Waals surface area contributed by atoms with Gasteiger partial charge in [-0.2, -0.15) is 0 Å². The van der Waals surface area contributed by atoms with Crippen molar-refractivity contribution in [1.29, 1.82) is 0 Å². The van der Waals surface area contributed by atoms with Gasteiger partial charge < -0.3 is 0 Å². The summed E-state index contributed by atoms with van der Waals surface area (Å²) in [5, 5.41) is 0.613. The van der Waals surface area contributed by atoms with Crippen molar-refractivity contribution in [3.8, 4) is 11.1 Å². The van der Waals surface area contributed by atoms with Crippen molar-refractivity contribution >= 4 is 15.2 Å². The van der Waals surface area contributed by atoms with Gasteiger partial charge in [0.05, 0.1) is 15.2 Å². The molecule has 0 amide bonds. The minimum absolute atomic E-state index is 0.593. The molecule has 0 saturated heterocycles. The minimum Gasteiger partial charge on any atom is -0.285 e. The number of aromatic nitrogens is 3. The molecule has 0 bridgehead atoms. The molecular formula is C17H18N4OS. The van der Waals surface area contributed by atoms with Crippen LogP contribution in [0.1, 0.15) is 18.7 Å². The first-order valence-electron chi connectivity index (χ1n) is 7.78. The summed E-state index contributed by atoms with van der Waals surface area (Å²) in [4.78, 5) is 8.96. The fraction of sp³-hybridized carbons (Fsp3) is 0.294. The van der Waals surface area contributed by atoms with Crippen molar-refractivity contribution < 1.29 is 4.21 Å². The number of fused-ring (bicyclic) bond motifs is 1. The lowest BCUT2D eigenvalue weighted by atomic mass is 10.1. The molecule has 6 heteroatoms. The van der Waals surface area contributed by atoms with Gasteiger partial charge >= 0.3 is 0 Å². The maximum absolute atomic E-state index is 13.3. The van der Waals surface area contributed by atoms with Gasteiger partial charge in [-0.05, 0) is 25.3 Å². The molecule has 3 heterocycles. The van der Waals surface area contributed by atoms with E-state index in [9.17, 15) is 4.21 Å². The van der Waals surface area contributed by atoms with Crippen LogP contribution in [0.15, 0.2) is 52.2 Å². The molecule has 1 atom stereocenters. The third kappa shape index (κ3) is 2.34. The lowest BCUT2D eigenvalue weighted by Crippen LogP contribution is -2.14. The number of benzene rings is 1. The molecule has 0 spiro atoms. The van der Waals surface area contributed by atoms with E-state index in [4.69, 9.17) is 0 Å². The number of hydrogen-bond acceptors (Lipinski definition) is 4. The van der Waals surface area contributed by atoms with Crippen LogP contribution in [-0.2, 0) is 9.73 Å². The van der Waals surface area contributed by atoms with Gasteiger partial charge in [0, 0.05) is 24.1 Å². The molecule has 0 N–H and O–H groups in total. The molecule has 1 aliphatic heterocycles. The van der Waals surface area contributed by atoms with Crippen LogP contribution in [0.5, 0.6) is 0 Å². The second-order valence-electron chi connectivity index (χ2n) is 5.76. The van der Waals surface area contributed by atoms with Crippen molar-refractivity contribution in [3.05, 3.63) is 48.7 Å². The Labute approximate surface area is 135 Å². The Balaban J connectivity index is 2.06. The molecule has 0 saturated carbocycles. The molecule has 0 aliphatic carbocycles. The molecule has 5 nitrogen and oxygen atoms in total. The van der Waals surface area contributed by atoms with Crippen molar-refractivity contribution in [2.45, 2.75) is 24.8 Å². The fourth-order valence-electron chi connectivity index (χ4n) is 3.01. The van der Waals surface area contributed by atoms with Gasteiger partial charge in [0.25, 0.3) is 0 Å². The van der Waals surface area contributed by atoms with Crippen molar-refractivity contribution in [2.24, 2.45) is 4.36 Å². The maximum Gasteiger partial charge on any atom is 0.162 e. The Morgan fingerprint density at radius 3 is 2.70 bits per heavy atom. The van der Waals surface area contributed by atoms with Gasteiger partial charge in [0.2, 0.25) is 0 Å². The zero-order valence-corrected chi connectivity index (χ0v) is 13.8. The smallest absolute Gasteiger partial charge is 0.162 e. The van der Waals surface area contributed by atoms with Crippen LogP contribution in [0, 0.1) is 6.92 Å². The van der Waals surface area contributed by atoms with Crippen LogP contribution >= 0.6 is 0 Å². The second-order valence-corrected chi connectivity index (χ2v) is 8.09. The average Bonchev–Trinajstić information content (AvgIpc) is 3.03. The van der Waals surface area contributed by atoms with E-state index in [1.54, 1.807) is 6.33 Å². The summed E-state index contributed by atoms with van der Waals surface area (Å²) < 4.78 is 19.7. The number of aryl methyl sites for hydroxylation is 1. The molecule has 2 aromatic heterocycles.